The summed E-state index contributed by atoms with van der Waals surface area (Å²) in [6, 6.07) is 0. The van der Waals surface area contributed by atoms with Gasteiger partial charge in [0.05, 0.1) is 0 Å². The van der Waals surface area contributed by atoms with Crippen LogP contribution in [-0.4, -0.2) is 0 Å². The van der Waals surface area contributed by atoms with Crippen LogP contribution >= 0.6 is 0 Å². The van der Waals surface area contributed by atoms with E-state index in [1.807, 2.05) is 0 Å². The molecule has 0 saturated carbocycles. The zero-order chi connectivity index (χ0) is 8.12. The van der Waals surface area contributed by atoms with Gasteiger partial charge in [0.2, 0.25) is 0 Å². The summed E-state index contributed by atoms with van der Waals surface area (Å²) in [5, 5.41) is 25.4. The van der Waals surface area contributed by atoms with Gasteiger partial charge < -0.3 is 37.9 Å². The van der Waals surface area contributed by atoms with Gasteiger partial charge in [0.15, 0.2) is 0 Å². The average Bonchev–Trinajstić information content (AvgIpc) is 1.70. The number of nitriles is 3. The smallest absolute Gasteiger partial charge is 0.696 e. The van der Waals surface area contributed by atoms with Crippen LogP contribution in [0.4, 0.5) is 0 Å². The van der Waals surface area contributed by atoms with Crippen molar-refractivity contribution >= 4 is 37.9 Å². The Bertz CT molecular complexity index is 112. The molecule has 7 heteroatoms. The van der Waals surface area contributed by atoms with Gasteiger partial charge in [0.1, 0.15) is 0 Å². The predicted octanol–water partition coefficient (Wildman–Crippen LogP) is 0.0431. The molecule has 0 aliphatic heterocycles. The van der Waals surface area contributed by atoms with E-state index in [2.05, 4.69) is 37.9 Å². The van der Waals surface area contributed by atoms with Crippen LogP contribution in [0.25, 0.3) is 0 Å². The molecule has 10 heavy (non-hydrogen) atoms. The van der Waals surface area contributed by atoms with Crippen molar-refractivity contribution < 1.29 is 46.9 Å². The van der Waals surface area contributed by atoms with Crippen LogP contribution in [0.1, 0.15) is 0 Å². The van der Waals surface area contributed by atoms with E-state index in [1.165, 1.54) is 16.2 Å². The predicted molar refractivity (Wildman–Crippen MR) is 38.9 cm³/mol. The van der Waals surface area contributed by atoms with Crippen LogP contribution in [0.2, 0.25) is 0 Å². The number of rotatable bonds is 0. The van der Waals surface area contributed by atoms with Gasteiger partial charge in [-0.3, -0.25) is 0 Å². The first-order valence-corrected chi connectivity index (χ1v) is 2.51. The first kappa shape index (κ1) is 22.4. The van der Waals surface area contributed by atoms with E-state index in [1.54, 1.807) is 0 Å². The Balaban J connectivity index is -0.0000000257. The SMILES string of the molecule is N#C[S-].N#C[S-].N#C[S-].[Yb+3]. The van der Waals surface area contributed by atoms with Crippen LogP contribution < -0.4 is 0 Å². The minimum absolute atomic E-state index is 0. The van der Waals surface area contributed by atoms with Gasteiger partial charge in [-0.1, -0.05) is 16.2 Å². The zero-order valence-corrected chi connectivity index (χ0v) is 8.50. The van der Waals surface area contributed by atoms with Crippen molar-refractivity contribution in [2.45, 2.75) is 0 Å². The quantitative estimate of drug-likeness (QED) is 0.455. The van der Waals surface area contributed by atoms with Crippen molar-refractivity contribution in [2.75, 3.05) is 0 Å². The molecule has 0 aromatic carbocycles. The fourth-order valence-electron chi connectivity index (χ4n) is 0. The molecule has 0 spiro atoms. The van der Waals surface area contributed by atoms with Gasteiger partial charge >= 0.3 is 46.9 Å². The van der Waals surface area contributed by atoms with Crippen molar-refractivity contribution in [3.8, 4) is 16.2 Å². The standard InChI is InChI=1S/3CHNS.Yb/c3*2-1-3;/h3*3H;/q;;;+3/p-3. The van der Waals surface area contributed by atoms with Crippen molar-refractivity contribution in [1.29, 1.82) is 15.8 Å². The fraction of sp³-hybridized carbons (Fsp3) is 0. The largest absolute Gasteiger partial charge is 3.00 e. The molecule has 0 aliphatic carbocycles. The normalized spacial score (nSPS) is 2.10. The number of nitrogens with zero attached hydrogens (tertiary/aromatic N) is 3. The Morgan fingerprint density at radius 1 is 0.700 bits per heavy atom. The van der Waals surface area contributed by atoms with Gasteiger partial charge in [-0.2, -0.15) is 0 Å². The molecule has 0 bridgehead atoms. The van der Waals surface area contributed by atoms with E-state index >= 15 is 0 Å². The van der Waals surface area contributed by atoms with E-state index in [-0.39, 0.29) is 46.9 Å². The summed E-state index contributed by atoms with van der Waals surface area (Å²) in [7, 11) is 0. The number of hydrogen-bond donors (Lipinski definition) is 0. The molecule has 0 aromatic heterocycles. The van der Waals surface area contributed by atoms with E-state index in [0.29, 0.717) is 0 Å². The van der Waals surface area contributed by atoms with Crippen LogP contribution in [0.15, 0.2) is 0 Å². The van der Waals surface area contributed by atoms with E-state index in [9.17, 15) is 0 Å². The Morgan fingerprint density at radius 3 is 0.700 bits per heavy atom. The third kappa shape index (κ3) is 1200. The zero-order valence-electron chi connectivity index (χ0n) is 4.33. The molecular formula is C3N3S3Yb. The van der Waals surface area contributed by atoms with Crippen LogP contribution in [0.5, 0.6) is 0 Å². The maximum Gasteiger partial charge on any atom is 3.00 e. The molecule has 0 aromatic rings. The van der Waals surface area contributed by atoms with E-state index in [4.69, 9.17) is 15.8 Å². The molecule has 0 amide bonds. The van der Waals surface area contributed by atoms with Gasteiger partial charge in [-0.05, 0) is 0 Å². The summed E-state index contributed by atoms with van der Waals surface area (Å²) in [4.78, 5) is 0. The molecule has 59 valence electrons. The Kier molecular flexibility index (Phi) is 122. The average molecular weight is 347 g/mol. The monoisotopic (exact) mass is 348 g/mol. The molecule has 0 saturated heterocycles. The maximum atomic E-state index is 7.13. The minimum atomic E-state index is 0. The Labute approximate surface area is 115 Å². The van der Waals surface area contributed by atoms with Crippen LogP contribution in [0.3, 0.4) is 0 Å². The van der Waals surface area contributed by atoms with Crippen molar-refractivity contribution in [3.63, 3.8) is 0 Å². The molecule has 0 atom stereocenters. The second kappa shape index (κ2) is 54.2. The third-order valence-electron chi connectivity index (χ3n) is 0. The summed E-state index contributed by atoms with van der Waals surface area (Å²) < 4.78 is 0. The summed E-state index contributed by atoms with van der Waals surface area (Å²) in [5.41, 5.74) is 0. The van der Waals surface area contributed by atoms with Gasteiger partial charge in [-0.15, -0.1) is 0 Å². The molecular weight excluding hydrogens is 347 g/mol. The molecule has 0 rings (SSSR count). The third-order valence-corrected chi connectivity index (χ3v) is 0. The molecule has 1 radical (unpaired) electrons. The molecule has 3 nitrogen and oxygen atoms in total. The molecule has 0 heterocycles. The first-order chi connectivity index (χ1) is 4.24. The molecule has 0 aliphatic rings. The summed E-state index contributed by atoms with van der Waals surface area (Å²) in [6.45, 7) is 0. The second-order valence-electron chi connectivity index (χ2n) is 0.274. The number of thiocyanates is 3. The molecule has 0 fully saturated rings. The molecule has 0 unspecified atom stereocenters. The van der Waals surface area contributed by atoms with E-state index < -0.39 is 0 Å². The fourth-order valence-corrected chi connectivity index (χ4v) is 0. The Morgan fingerprint density at radius 2 is 0.700 bits per heavy atom. The second-order valence-corrected chi connectivity index (χ2v) is 0.822. The van der Waals surface area contributed by atoms with Gasteiger partial charge in [-0.25, -0.2) is 15.8 Å². The Hall–Kier alpha value is 0.649. The van der Waals surface area contributed by atoms with Crippen LogP contribution in [0, 0.1) is 78.9 Å². The van der Waals surface area contributed by atoms with E-state index in [0.717, 1.165) is 0 Å². The van der Waals surface area contributed by atoms with Crippen LogP contribution in [-0.2, 0) is 37.9 Å². The van der Waals surface area contributed by atoms with Crippen molar-refractivity contribution in [1.82, 2.24) is 0 Å². The van der Waals surface area contributed by atoms with Crippen molar-refractivity contribution in [3.05, 3.63) is 0 Å². The number of hydrogen-bond acceptors (Lipinski definition) is 6. The maximum absolute atomic E-state index is 7.13. The molecule has 0 N–H and O–H groups in total. The van der Waals surface area contributed by atoms with Crippen molar-refractivity contribution in [2.24, 2.45) is 0 Å². The first-order valence-electron chi connectivity index (χ1n) is 1.28. The summed E-state index contributed by atoms with van der Waals surface area (Å²) in [6.07, 6.45) is 0. The summed E-state index contributed by atoms with van der Waals surface area (Å²) >= 11 is 11.1. The van der Waals surface area contributed by atoms with Gasteiger partial charge in [0, 0.05) is 0 Å². The minimum Gasteiger partial charge on any atom is -0.696 e. The summed E-state index contributed by atoms with van der Waals surface area (Å²) in [5.74, 6) is 0. The van der Waals surface area contributed by atoms with Gasteiger partial charge in [0.25, 0.3) is 0 Å². The topological polar surface area (TPSA) is 71.4 Å².